The lowest BCUT2D eigenvalue weighted by Crippen LogP contribution is -2.45. The standard InChI is InChI=1S/C12H15N3O3/c13-10-2-1-7-14(8-10)12(16)9-3-5-11(6-4-9)15(17)18/h3-6,10H,1-2,7-8,13H2/t10-/m0/s1. The molecule has 1 aliphatic heterocycles. The van der Waals surface area contributed by atoms with Crippen LogP contribution in [0, 0.1) is 10.1 Å². The van der Waals surface area contributed by atoms with Crippen LogP contribution in [0.5, 0.6) is 0 Å². The van der Waals surface area contributed by atoms with Crippen molar-refractivity contribution in [3.05, 3.63) is 39.9 Å². The van der Waals surface area contributed by atoms with Gasteiger partial charge in [0.25, 0.3) is 11.6 Å². The van der Waals surface area contributed by atoms with Crippen LogP contribution in [0.25, 0.3) is 0 Å². The number of nitro groups is 1. The molecule has 1 heterocycles. The number of carbonyl (C=O) groups excluding carboxylic acids is 1. The van der Waals surface area contributed by atoms with E-state index < -0.39 is 4.92 Å². The van der Waals surface area contributed by atoms with Crippen LogP contribution < -0.4 is 5.73 Å². The number of hydrogen-bond acceptors (Lipinski definition) is 4. The van der Waals surface area contributed by atoms with Crippen LogP contribution >= 0.6 is 0 Å². The molecule has 2 N–H and O–H groups in total. The predicted molar refractivity (Wildman–Crippen MR) is 66.2 cm³/mol. The van der Waals surface area contributed by atoms with Gasteiger partial charge in [0, 0.05) is 36.8 Å². The molecule has 1 aromatic carbocycles. The summed E-state index contributed by atoms with van der Waals surface area (Å²) in [6.45, 7) is 1.25. The molecule has 0 spiro atoms. The molecule has 6 nitrogen and oxygen atoms in total. The Kier molecular flexibility index (Phi) is 3.57. The normalized spacial score (nSPS) is 19.6. The minimum Gasteiger partial charge on any atom is -0.337 e. The second-order valence-electron chi connectivity index (χ2n) is 4.46. The SMILES string of the molecule is N[C@H]1CCCN(C(=O)c2ccc([N+](=O)[O-])cc2)C1. The molecule has 18 heavy (non-hydrogen) atoms. The third-order valence-electron chi connectivity index (χ3n) is 3.07. The maximum absolute atomic E-state index is 12.1. The van der Waals surface area contributed by atoms with Crippen molar-refractivity contribution in [1.82, 2.24) is 4.90 Å². The Balaban J connectivity index is 2.10. The minimum absolute atomic E-state index is 0.0121. The smallest absolute Gasteiger partial charge is 0.269 e. The average Bonchev–Trinajstić information content (AvgIpc) is 2.38. The van der Waals surface area contributed by atoms with Gasteiger partial charge in [-0.3, -0.25) is 14.9 Å². The zero-order chi connectivity index (χ0) is 13.1. The van der Waals surface area contributed by atoms with Crippen molar-refractivity contribution in [3.8, 4) is 0 Å². The van der Waals surface area contributed by atoms with E-state index >= 15 is 0 Å². The van der Waals surface area contributed by atoms with Gasteiger partial charge in [-0.15, -0.1) is 0 Å². The third kappa shape index (κ3) is 2.65. The van der Waals surface area contributed by atoms with E-state index in [0.717, 1.165) is 12.8 Å². The van der Waals surface area contributed by atoms with Crippen molar-refractivity contribution >= 4 is 11.6 Å². The molecular weight excluding hydrogens is 234 g/mol. The van der Waals surface area contributed by atoms with Gasteiger partial charge in [0.15, 0.2) is 0 Å². The van der Waals surface area contributed by atoms with Crippen LogP contribution in [0.2, 0.25) is 0 Å². The van der Waals surface area contributed by atoms with Crippen LogP contribution in [-0.4, -0.2) is 34.9 Å². The summed E-state index contributed by atoms with van der Waals surface area (Å²) in [6.07, 6.45) is 1.84. The van der Waals surface area contributed by atoms with E-state index in [0.29, 0.717) is 18.7 Å². The summed E-state index contributed by atoms with van der Waals surface area (Å²) in [5.74, 6) is -0.111. The van der Waals surface area contributed by atoms with E-state index in [2.05, 4.69) is 0 Å². The number of likely N-dealkylation sites (tertiary alicyclic amines) is 1. The molecule has 6 heteroatoms. The van der Waals surface area contributed by atoms with Crippen LogP contribution in [0.15, 0.2) is 24.3 Å². The lowest BCUT2D eigenvalue weighted by Gasteiger charge is -2.30. The van der Waals surface area contributed by atoms with Crippen molar-refractivity contribution in [2.45, 2.75) is 18.9 Å². The molecule has 2 rings (SSSR count). The van der Waals surface area contributed by atoms with Crippen molar-refractivity contribution < 1.29 is 9.72 Å². The zero-order valence-electron chi connectivity index (χ0n) is 9.91. The van der Waals surface area contributed by atoms with Crippen molar-refractivity contribution in [3.63, 3.8) is 0 Å². The fourth-order valence-corrected chi connectivity index (χ4v) is 2.10. The molecule has 0 radical (unpaired) electrons. The number of amides is 1. The second kappa shape index (κ2) is 5.14. The van der Waals surface area contributed by atoms with E-state index in [1.165, 1.54) is 24.3 Å². The highest BCUT2D eigenvalue weighted by Gasteiger charge is 2.22. The van der Waals surface area contributed by atoms with Gasteiger partial charge in [0.1, 0.15) is 0 Å². The summed E-state index contributed by atoms with van der Waals surface area (Å²) in [4.78, 5) is 23.9. The number of benzene rings is 1. The lowest BCUT2D eigenvalue weighted by atomic mass is 10.1. The average molecular weight is 249 g/mol. The molecule has 0 aromatic heterocycles. The van der Waals surface area contributed by atoms with Crippen molar-refractivity contribution in [2.24, 2.45) is 5.73 Å². The Morgan fingerprint density at radius 1 is 1.39 bits per heavy atom. The van der Waals surface area contributed by atoms with E-state index in [4.69, 9.17) is 5.73 Å². The second-order valence-corrected chi connectivity index (χ2v) is 4.46. The summed E-state index contributed by atoms with van der Waals surface area (Å²) < 4.78 is 0. The third-order valence-corrected chi connectivity index (χ3v) is 3.07. The highest BCUT2D eigenvalue weighted by Crippen LogP contribution is 2.16. The number of hydrogen-bond donors (Lipinski definition) is 1. The van der Waals surface area contributed by atoms with Gasteiger partial charge < -0.3 is 10.6 Å². The van der Waals surface area contributed by atoms with Gasteiger partial charge in [0.2, 0.25) is 0 Å². The van der Waals surface area contributed by atoms with E-state index in [-0.39, 0.29) is 17.6 Å². The first-order valence-electron chi connectivity index (χ1n) is 5.87. The van der Waals surface area contributed by atoms with Crippen LogP contribution in [-0.2, 0) is 0 Å². The summed E-state index contributed by atoms with van der Waals surface area (Å²) in [5.41, 5.74) is 6.28. The molecule has 1 aromatic rings. The number of nitrogens with zero attached hydrogens (tertiary/aromatic N) is 2. The molecule has 1 fully saturated rings. The lowest BCUT2D eigenvalue weighted by molar-refractivity contribution is -0.384. The van der Waals surface area contributed by atoms with Crippen LogP contribution in [0.3, 0.4) is 0 Å². The molecule has 1 amide bonds. The molecule has 0 bridgehead atoms. The molecule has 0 saturated carbocycles. The Morgan fingerprint density at radius 2 is 2.06 bits per heavy atom. The van der Waals surface area contributed by atoms with E-state index in [9.17, 15) is 14.9 Å². The van der Waals surface area contributed by atoms with Gasteiger partial charge in [-0.05, 0) is 25.0 Å². The van der Waals surface area contributed by atoms with Crippen molar-refractivity contribution in [1.29, 1.82) is 0 Å². The number of nitro benzene ring substituents is 1. The number of piperidine rings is 1. The van der Waals surface area contributed by atoms with Gasteiger partial charge in [-0.1, -0.05) is 0 Å². The summed E-state index contributed by atoms with van der Waals surface area (Å²) in [6, 6.07) is 5.69. The highest BCUT2D eigenvalue weighted by atomic mass is 16.6. The maximum atomic E-state index is 12.1. The van der Waals surface area contributed by atoms with Crippen LogP contribution in [0.1, 0.15) is 23.2 Å². The monoisotopic (exact) mass is 249 g/mol. The Bertz CT molecular complexity index is 458. The van der Waals surface area contributed by atoms with Gasteiger partial charge in [-0.25, -0.2) is 0 Å². The topological polar surface area (TPSA) is 89.5 Å². The Labute approximate surface area is 105 Å². The van der Waals surface area contributed by atoms with Crippen molar-refractivity contribution in [2.75, 3.05) is 13.1 Å². The molecule has 1 atom stereocenters. The fraction of sp³-hybridized carbons (Fsp3) is 0.417. The first-order chi connectivity index (χ1) is 8.58. The molecule has 1 saturated heterocycles. The van der Waals surface area contributed by atoms with Crippen LogP contribution in [0.4, 0.5) is 5.69 Å². The molecule has 0 unspecified atom stereocenters. The molecule has 1 aliphatic rings. The van der Waals surface area contributed by atoms with Gasteiger partial charge in [0.05, 0.1) is 4.92 Å². The number of rotatable bonds is 2. The largest absolute Gasteiger partial charge is 0.337 e. The van der Waals surface area contributed by atoms with Gasteiger partial charge in [-0.2, -0.15) is 0 Å². The minimum atomic E-state index is -0.481. The Hall–Kier alpha value is -1.95. The predicted octanol–water partition coefficient (Wildman–Crippen LogP) is 1.16. The first kappa shape index (κ1) is 12.5. The van der Waals surface area contributed by atoms with Gasteiger partial charge >= 0.3 is 0 Å². The number of non-ortho nitro benzene ring substituents is 1. The molecule has 0 aliphatic carbocycles. The fourth-order valence-electron chi connectivity index (χ4n) is 2.10. The molecule has 96 valence electrons. The quantitative estimate of drug-likeness (QED) is 0.629. The zero-order valence-corrected chi connectivity index (χ0v) is 9.91. The van der Waals surface area contributed by atoms with E-state index in [1.54, 1.807) is 4.90 Å². The highest BCUT2D eigenvalue weighted by molar-refractivity contribution is 5.94. The summed E-state index contributed by atoms with van der Waals surface area (Å²) >= 11 is 0. The maximum Gasteiger partial charge on any atom is 0.269 e. The first-order valence-corrected chi connectivity index (χ1v) is 5.87. The summed E-state index contributed by atoms with van der Waals surface area (Å²) in [7, 11) is 0. The number of carbonyl (C=O) groups is 1. The molecular formula is C12H15N3O3. The Morgan fingerprint density at radius 3 is 2.61 bits per heavy atom. The number of nitrogens with two attached hydrogens (primary N) is 1. The summed E-state index contributed by atoms with van der Waals surface area (Å²) in [5, 5.41) is 10.5. The van der Waals surface area contributed by atoms with E-state index in [1.807, 2.05) is 0 Å².